The van der Waals surface area contributed by atoms with Crippen molar-refractivity contribution in [1.29, 1.82) is 0 Å². The molecule has 0 saturated heterocycles. The van der Waals surface area contributed by atoms with Gasteiger partial charge in [-0.15, -0.1) is 0 Å². The van der Waals surface area contributed by atoms with E-state index in [-0.39, 0.29) is 17.6 Å². The number of carbonyl (C=O) groups excluding carboxylic acids is 1. The van der Waals surface area contributed by atoms with Crippen LogP contribution in [0.25, 0.3) is 0 Å². The number of methoxy groups -OCH3 is 1. The molecule has 0 aliphatic heterocycles. The van der Waals surface area contributed by atoms with E-state index in [4.69, 9.17) is 4.42 Å². The first-order chi connectivity index (χ1) is 8.33. The van der Waals surface area contributed by atoms with Gasteiger partial charge < -0.3 is 14.5 Å². The summed E-state index contributed by atoms with van der Waals surface area (Å²) in [4.78, 5) is 11.2. The highest BCUT2D eigenvalue weighted by Crippen LogP contribution is 2.16. The average molecular weight is 275 g/mol. The highest BCUT2D eigenvalue weighted by atomic mass is 32.2. The highest BCUT2D eigenvalue weighted by Gasteiger charge is 2.15. The Morgan fingerprint density at radius 3 is 2.72 bits per heavy atom. The van der Waals surface area contributed by atoms with Crippen LogP contribution in [0.15, 0.2) is 16.5 Å². The van der Waals surface area contributed by atoms with Crippen LogP contribution < -0.4 is 5.32 Å². The molecule has 1 aromatic heterocycles. The number of carbonyl (C=O) groups is 1. The number of hydrogen-bond donors (Lipinski definition) is 1. The van der Waals surface area contributed by atoms with Gasteiger partial charge in [-0.05, 0) is 19.1 Å². The first-order valence-electron chi connectivity index (χ1n) is 5.42. The van der Waals surface area contributed by atoms with Crippen LogP contribution in [0.1, 0.15) is 29.3 Å². The summed E-state index contributed by atoms with van der Waals surface area (Å²) < 4.78 is 31.7. The minimum Gasteiger partial charge on any atom is -0.463 e. The fourth-order valence-electron chi connectivity index (χ4n) is 1.36. The van der Waals surface area contributed by atoms with E-state index < -0.39 is 15.8 Å². The van der Waals surface area contributed by atoms with Gasteiger partial charge in [0.1, 0.15) is 15.6 Å². The fourth-order valence-corrected chi connectivity index (χ4v) is 1.85. The number of ether oxygens (including phenoxy) is 1. The van der Waals surface area contributed by atoms with Gasteiger partial charge in [0.05, 0.1) is 18.9 Å². The average Bonchev–Trinajstić information content (AvgIpc) is 2.75. The number of esters is 1. The monoisotopic (exact) mass is 275 g/mol. The minimum atomic E-state index is -2.98. The summed E-state index contributed by atoms with van der Waals surface area (Å²) >= 11 is 0. The lowest BCUT2D eigenvalue weighted by Crippen LogP contribution is -2.25. The van der Waals surface area contributed by atoms with Crippen LogP contribution >= 0.6 is 0 Å². The van der Waals surface area contributed by atoms with Crippen molar-refractivity contribution in [3.8, 4) is 0 Å². The number of hydrogen-bond acceptors (Lipinski definition) is 6. The van der Waals surface area contributed by atoms with E-state index in [9.17, 15) is 13.2 Å². The van der Waals surface area contributed by atoms with Gasteiger partial charge in [0.15, 0.2) is 0 Å². The van der Waals surface area contributed by atoms with Crippen LogP contribution in [-0.4, -0.2) is 40.1 Å². The zero-order chi connectivity index (χ0) is 13.8. The van der Waals surface area contributed by atoms with E-state index >= 15 is 0 Å². The minimum absolute atomic E-state index is 0.0574. The van der Waals surface area contributed by atoms with Crippen molar-refractivity contribution in [3.63, 3.8) is 0 Å². The molecule has 18 heavy (non-hydrogen) atoms. The van der Waals surface area contributed by atoms with E-state index in [0.717, 1.165) is 0 Å². The van der Waals surface area contributed by atoms with Crippen molar-refractivity contribution < 1.29 is 22.4 Å². The van der Waals surface area contributed by atoms with Crippen molar-refractivity contribution in [1.82, 2.24) is 5.32 Å². The topological polar surface area (TPSA) is 85.6 Å². The normalized spacial score (nSPS) is 13.3. The molecule has 0 aliphatic carbocycles. The predicted octanol–water partition coefficient (Wildman–Crippen LogP) is 0.761. The van der Waals surface area contributed by atoms with Crippen molar-refractivity contribution in [3.05, 3.63) is 23.7 Å². The zero-order valence-electron chi connectivity index (χ0n) is 10.6. The van der Waals surface area contributed by atoms with Crippen LogP contribution in [0.3, 0.4) is 0 Å². The molecule has 102 valence electrons. The summed E-state index contributed by atoms with van der Waals surface area (Å²) in [5.74, 6) is 0.208. The Kier molecular flexibility index (Phi) is 4.92. The van der Waals surface area contributed by atoms with E-state index in [1.165, 1.54) is 19.4 Å². The van der Waals surface area contributed by atoms with Gasteiger partial charge in [-0.2, -0.15) is 0 Å². The van der Waals surface area contributed by atoms with Crippen LogP contribution in [0.5, 0.6) is 0 Å². The van der Waals surface area contributed by atoms with Gasteiger partial charge in [-0.3, -0.25) is 0 Å². The lowest BCUT2D eigenvalue weighted by molar-refractivity contribution is 0.0562. The smallest absolute Gasteiger partial charge is 0.373 e. The molecule has 0 bridgehead atoms. The largest absolute Gasteiger partial charge is 0.463 e. The molecule has 1 atom stereocenters. The Hall–Kier alpha value is -1.34. The summed E-state index contributed by atoms with van der Waals surface area (Å²) in [6.45, 7) is 2.15. The lowest BCUT2D eigenvalue weighted by Gasteiger charge is -2.10. The Morgan fingerprint density at radius 2 is 2.17 bits per heavy atom. The second-order valence-corrected chi connectivity index (χ2v) is 6.26. The van der Waals surface area contributed by atoms with E-state index in [0.29, 0.717) is 12.3 Å². The molecule has 1 N–H and O–H groups in total. The quantitative estimate of drug-likeness (QED) is 0.771. The number of rotatable bonds is 6. The molecule has 0 fully saturated rings. The second kappa shape index (κ2) is 6.01. The molecule has 0 amide bonds. The van der Waals surface area contributed by atoms with Crippen LogP contribution in [0.4, 0.5) is 0 Å². The summed E-state index contributed by atoms with van der Waals surface area (Å²) in [6.07, 6.45) is 1.18. The SMILES string of the molecule is COC(=O)c1ccc(C(C)NCCS(C)(=O)=O)o1. The Bertz CT molecular complexity index is 505. The third-order valence-electron chi connectivity index (χ3n) is 2.36. The van der Waals surface area contributed by atoms with Crippen molar-refractivity contribution >= 4 is 15.8 Å². The van der Waals surface area contributed by atoms with Gasteiger partial charge in [0.25, 0.3) is 0 Å². The van der Waals surface area contributed by atoms with Gasteiger partial charge >= 0.3 is 5.97 Å². The van der Waals surface area contributed by atoms with Crippen LogP contribution in [0, 0.1) is 0 Å². The maximum atomic E-state index is 11.2. The van der Waals surface area contributed by atoms with Gasteiger partial charge in [-0.25, -0.2) is 13.2 Å². The Labute approximate surface area is 106 Å². The maximum absolute atomic E-state index is 11.2. The van der Waals surface area contributed by atoms with E-state index in [1.807, 2.05) is 6.92 Å². The zero-order valence-corrected chi connectivity index (χ0v) is 11.4. The highest BCUT2D eigenvalue weighted by molar-refractivity contribution is 7.90. The first kappa shape index (κ1) is 14.7. The molecule has 1 aromatic rings. The molecule has 0 radical (unpaired) electrons. The Balaban J connectivity index is 2.54. The molecule has 1 heterocycles. The van der Waals surface area contributed by atoms with Gasteiger partial charge in [0.2, 0.25) is 5.76 Å². The summed E-state index contributed by atoms with van der Waals surface area (Å²) in [5, 5.41) is 3.00. The first-order valence-corrected chi connectivity index (χ1v) is 7.48. The molecule has 0 spiro atoms. The molecule has 0 aromatic carbocycles. The van der Waals surface area contributed by atoms with Crippen molar-refractivity contribution in [2.45, 2.75) is 13.0 Å². The standard InChI is InChI=1S/C11H17NO5S/c1-8(12-6-7-18(3,14)15)9-4-5-10(17-9)11(13)16-2/h4-5,8,12H,6-7H2,1-3H3. The number of sulfone groups is 1. The van der Waals surface area contributed by atoms with E-state index in [1.54, 1.807) is 6.07 Å². The molecular weight excluding hydrogens is 258 g/mol. The molecule has 0 aliphatic rings. The molecule has 6 nitrogen and oxygen atoms in total. The maximum Gasteiger partial charge on any atom is 0.373 e. The third kappa shape index (κ3) is 4.50. The summed E-state index contributed by atoms with van der Waals surface area (Å²) in [5.41, 5.74) is 0. The molecule has 1 rings (SSSR count). The second-order valence-electron chi connectivity index (χ2n) is 4.00. The summed E-state index contributed by atoms with van der Waals surface area (Å²) in [7, 11) is -1.71. The Morgan fingerprint density at radius 1 is 1.50 bits per heavy atom. The van der Waals surface area contributed by atoms with Gasteiger partial charge in [0, 0.05) is 12.8 Å². The van der Waals surface area contributed by atoms with Gasteiger partial charge in [-0.1, -0.05) is 0 Å². The molecule has 7 heteroatoms. The molecular formula is C11H17NO5S. The van der Waals surface area contributed by atoms with Crippen LogP contribution in [0.2, 0.25) is 0 Å². The predicted molar refractivity (Wildman–Crippen MR) is 66.2 cm³/mol. The van der Waals surface area contributed by atoms with Crippen molar-refractivity contribution in [2.75, 3.05) is 25.7 Å². The molecule has 0 saturated carbocycles. The lowest BCUT2D eigenvalue weighted by atomic mass is 10.2. The summed E-state index contributed by atoms with van der Waals surface area (Å²) in [6, 6.07) is 3.01. The fraction of sp³-hybridized carbons (Fsp3) is 0.545. The van der Waals surface area contributed by atoms with Crippen molar-refractivity contribution in [2.24, 2.45) is 0 Å². The third-order valence-corrected chi connectivity index (χ3v) is 3.31. The van der Waals surface area contributed by atoms with E-state index in [2.05, 4.69) is 10.1 Å². The number of nitrogens with one attached hydrogen (secondary N) is 1. The number of furan rings is 1. The molecule has 1 unspecified atom stereocenters. The van der Waals surface area contributed by atoms with Crippen LogP contribution in [-0.2, 0) is 14.6 Å².